The van der Waals surface area contributed by atoms with Gasteiger partial charge in [0.2, 0.25) is 6.10 Å². The molecule has 2 N–H and O–H groups in total. The Labute approximate surface area is 140 Å². The molecule has 0 saturated heterocycles. The van der Waals surface area contributed by atoms with Gasteiger partial charge in [-0.15, -0.1) is 0 Å². The molecule has 1 atom stereocenters. The Morgan fingerprint density at radius 2 is 1.58 bits per heavy atom. The second-order valence-electron chi connectivity index (χ2n) is 5.47. The molecule has 2 aromatic rings. The summed E-state index contributed by atoms with van der Waals surface area (Å²) in [6, 6.07) is 15.6. The van der Waals surface area contributed by atoms with E-state index in [2.05, 4.69) is 0 Å². The first-order chi connectivity index (χ1) is 11.5. The van der Waals surface area contributed by atoms with Crippen LogP contribution >= 0.6 is 0 Å². The predicted octanol–water partition coefficient (Wildman–Crippen LogP) is 2.73. The minimum Gasteiger partial charge on any atom is -0.447 e. The van der Waals surface area contributed by atoms with Gasteiger partial charge in [0.15, 0.2) is 5.78 Å². The molecule has 124 valence electrons. The van der Waals surface area contributed by atoms with Crippen molar-refractivity contribution in [3.63, 3.8) is 0 Å². The number of primary amides is 1. The first kappa shape index (κ1) is 17.4. The maximum atomic E-state index is 12.1. The Bertz CT molecular complexity index is 723. The number of rotatable bonds is 7. The Morgan fingerprint density at radius 1 is 0.958 bits per heavy atom. The molecule has 0 fully saturated rings. The molecule has 5 nitrogen and oxygen atoms in total. The molecule has 0 heterocycles. The van der Waals surface area contributed by atoms with E-state index < -0.39 is 18.0 Å². The monoisotopic (exact) mass is 325 g/mol. The van der Waals surface area contributed by atoms with Gasteiger partial charge in [-0.2, -0.15) is 0 Å². The molecule has 5 heteroatoms. The molecule has 0 aromatic heterocycles. The van der Waals surface area contributed by atoms with Crippen LogP contribution in [0.1, 0.15) is 40.4 Å². The van der Waals surface area contributed by atoms with Crippen LogP contribution in [0.3, 0.4) is 0 Å². The van der Waals surface area contributed by atoms with Crippen molar-refractivity contribution in [3.05, 3.63) is 71.3 Å². The summed E-state index contributed by atoms with van der Waals surface area (Å²) >= 11 is 0. The number of esters is 1. The number of benzene rings is 2. The van der Waals surface area contributed by atoms with Crippen LogP contribution in [0, 0.1) is 6.92 Å². The molecule has 1 unspecified atom stereocenters. The molecule has 0 bridgehead atoms. The van der Waals surface area contributed by atoms with Crippen molar-refractivity contribution in [3.8, 4) is 0 Å². The van der Waals surface area contributed by atoms with Gasteiger partial charge in [-0.25, -0.2) is 0 Å². The van der Waals surface area contributed by atoms with Crippen molar-refractivity contribution < 1.29 is 19.1 Å². The van der Waals surface area contributed by atoms with Crippen LogP contribution in [0.25, 0.3) is 0 Å². The van der Waals surface area contributed by atoms with E-state index in [-0.39, 0.29) is 18.6 Å². The Morgan fingerprint density at radius 3 is 2.17 bits per heavy atom. The van der Waals surface area contributed by atoms with Gasteiger partial charge in [0.1, 0.15) is 0 Å². The minimum absolute atomic E-state index is 0.0160. The number of hydrogen-bond donors (Lipinski definition) is 1. The molecule has 0 saturated carbocycles. The molecule has 0 aliphatic carbocycles. The number of nitrogens with two attached hydrogens (primary N) is 1. The number of Topliss-reactive ketones (excluding diaryl/α,β-unsaturated/α-hetero) is 1. The topological polar surface area (TPSA) is 86.5 Å². The van der Waals surface area contributed by atoms with Crippen molar-refractivity contribution in [2.45, 2.75) is 25.9 Å². The molecule has 2 rings (SSSR count). The number of carbonyl (C=O) groups excluding carboxylic acids is 3. The standard InChI is InChI=1S/C19H19NO4/c1-13-7-9-14(10-8-13)16(21)11-12-17(22)24-18(19(20)23)15-5-3-2-4-6-15/h2-10,18H,11-12H2,1H3,(H2,20,23). The first-order valence-electron chi connectivity index (χ1n) is 7.61. The molecule has 0 aliphatic rings. The number of carbonyl (C=O) groups is 3. The fourth-order valence-electron chi connectivity index (χ4n) is 2.21. The highest BCUT2D eigenvalue weighted by atomic mass is 16.5. The van der Waals surface area contributed by atoms with Crippen LogP contribution in [0.2, 0.25) is 0 Å². The summed E-state index contributed by atoms with van der Waals surface area (Å²) in [6.45, 7) is 1.93. The maximum absolute atomic E-state index is 12.1. The highest BCUT2D eigenvalue weighted by Crippen LogP contribution is 2.18. The van der Waals surface area contributed by atoms with E-state index in [1.165, 1.54) is 0 Å². The van der Waals surface area contributed by atoms with Crippen LogP contribution in [0.4, 0.5) is 0 Å². The summed E-state index contributed by atoms with van der Waals surface area (Å²) < 4.78 is 5.14. The lowest BCUT2D eigenvalue weighted by Gasteiger charge is -2.14. The zero-order valence-corrected chi connectivity index (χ0v) is 13.4. The fraction of sp³-hybridized carbons (Fsp3) is 0.211. The van der Waals surface area contributed by atoms with E-state index in [4.69, 9.17) is 10.5 Å². The Kier molecular flexibility index (Phi) is 5.84. The molecule has 1 amide bonds. The van der Waals surface area contributed by atoms with Crippen molar-refractivity contribution in [2.24, 2.45) is 5.73 Å². The summed E-state index contributed by atoms with van der Waals surface area (Å²) in [4.78, 5) is 35.5. The van der Waals surface area contributed by atoms with Gasteiger partial charge in [0.25, 0.3) is 5.91 Å². The van der Waals surface area contributed by atoms with E-state index in [1.54, 1.807) is 42.5 Å². The summed E-state index contributed by atoms with van der Waals surface area (Å²) in [7, 11) is 0. The van der Waals surface area contributed by atoms with Gasteiger partial charge in [-0.1, -0.05) is 60.2 Å². The molecule has 0 aliphatic heterocycles. The number of amides is 1. The first-order valence-corrected chi connectivity index (χ1v) is 7.61. The van der Waals surface area contributed by atoms with E-state index in [1.807, 2.05) is 19.1 Å². The third kappa shape index (κ3) is 4.78. The van der Waals surface area contributed by atoms with Crippen LogP contribution in [0.15, 0.2) is 54.6 Å². The van der Waals surface area contributed by atoms with Crippen molar-refractivity contribution in [1.29, 1.82) is 0 Å². The third-order valence-corrected chi connectivity index (χ3v) is 3.54. The van der Waals surface area contributed by atoms with Gasteiger partial charge in [0.05, 0.1) is 6.42 Å². The van der Waals surface area contributed by atoms with Gasteiger partial charge in [0, 0.05) is 17.5 Å². The summed E-state index contributed by atoms with van der Waals surface area (Å²) in [6.07, 6.45) is -1.24. The molecule has 2 aromatic carbocycles. The van der Waals surface area contributed by atoms with Crippen LogP contribution in [-0.4, -0.2) is 17.7 Å². The van der Waals surface area contributed by atoms with E-state index in [0.717, 1.165) is 5.56 Å². The number of hydrogen-bond acceptors (Lipinski definition) is 4. The second-order valence-corrected chi connectivity index (χ2v) is 5.47. The average Bonchev–Trinajstić information content (AvgIpc) is 2.58. The zero-order valence-electron chi connectivity index (χ0n) is 13.4. The highest BCUT2D eigenvalue weighted by Gasteiger charge is 2.22. The van der Waals surface area contributed by atoms with Gasteiger partial charge in [-0.05, 0) is 6.92 Å². The minimum atomic E-state index is -1.15. The molecule has 24 heavy (non-hydrogen) atoms. The lowest BCUT2D eigenvalue weighted by atomic mass is 10.1. The number of ketones is 1. The number of ether oxygens (including phenoxy) is 1. The quantitative estimate of drug-likeness (QED) is 0.626. The molecular formula is C19H19NO4. The summed E-state index contributed by atoms with van der Waals surface area (Å²) in [5, 5.41) is 0. The Hall–Kier alpha value is -2.95. The Balaban J connectivity index is 1.93. The van der Waals surface area contributed by atoms with Crippen LogP contribution in [0.5, 0.6) is 0 Å². The maximum Gasteiger partial charge on any atom is 0.307 e. The summed E-state index contributed by atoms with van der Waals surface area (Å²) in [5.74, 6) is -1.54. The van der Waals surface area contributed by atoms with Crippen molar-refractivity contribution >= 4 is 17.7 Å². The average molecular weight is 325 g/mol. The third-order valence-electron chi connectivity index (χ3n) is 3.54. The smallest absolute Gasteiger partial charge is 0.307 e. The van der Waals surface area contributed by atoms with Gasteiger partial charge in [-0.3, -0.25) is 14.4 Å². The van der Waals surface area contributed by atoms with Crippen LogP contribution in [-0.2, 0) is 14.3 Å². The zero-order chi connectivity index (χ0) is 17.5. The van der Waals surface area contributed by atoms with Crippen LogP contribution < -0.4 is 5.73 Å². The second kappa shape index (κ2) is 8.06. The van der Waals surface area contributed by atoms with E-state index in [0.29, 0.717) is 11.1 Å². The van der Waals surface area contributed by atoms with Gasteiger partial charge >= 0.3 is 5.97 Å². The SMILES string of the molecule is Cc1ccc(C(=O)CCC(=O)OC(C(N)=O)c2ccccc2)cc1. The largest absolute Gasteiger partial charge is 0.447 e. The lowest BCUT2D eigenvalue weighted by molar-refractivity contribution is -0.155. The molecule has 0 radical (unpaired) electrons. The summed E-state index contributed by atoms with van der Waals surface area (Å²) in [5.41, 5.74) is 7.40. The van der Waals surface area contributed by atoms with E-state index >= 15 is 0 Å². The van der Waals surface area contributed by atoms with Crippen molar-refractivity contribution in [2.75, 3.05) is 0 Å². The number of aryl methyl sites for hydroxylation is 1. The predicted molar refractivity (Wildman–Crippen MR) is 89.2 cm³/mol. The normalized spacial score (nSPS) is 11.5. The fourth-order valence-corrected chi connectivity index (χ4v) is 2.21. The highest BCUT2D eigenvalue weighted by molar-refractivity contribution is 5.97. The molecule has 0 spiro atoms. The van der Waals surface area contributed by atoms with E-state index in [9.17, 15) is 14.4 Å². The van der Waals surface area contributed by atoms with Gasteiger partial charge < -0.3 is 10.5 Å². The lowest BCUT2D eigenvalue weighted by Crippen LogP contribution is -2.26. The molecular weight excluding hydrogens is 306 g/mol. The van der Waals surface area contributed by atoms with Crippen molar-refractivity contribution in [1.82, 2.24) is 0 Å².